The zero-order valence-corrected chi connectivity index (χ0v) is 18.5. The van der Waals surface area contributed by atoms with Crippen LogP contribution in [-0.4, -0.2) is 37.7 Å². The van der Waals surface area contributed by atoms with E-state index in [-0.39, 0.29) is 17.9 Å². The Hall–Kier alpha value is -3.64. The monoisotopic (exact) mass is 444 g/mol. The summed E-state index contributed by atoms with van der Waals surface area (Å²) in [6.45, 7) is 1.76. The zero-order valence-electron chi connectivity index (χ0n) is 18.5. The van der Waals surface area contributed by atoms with E-state index in [1.165, 1.54) is 5.56 Å². The predicted octanol–water partition coefficient (Wildman–Crippen LogP) is 4.47. The molecule has 0 radical (unpaired) electrons. The van der Waals surface area contributed by atoms with Crippen LogP contribution in [0.5, 0.6) is 5.75 Å². The summed E-state index contributed by atoms with van der Waals surface area (Å²) in [5, 5.41) is 5.75. The summed E-state index contributed by atoms with van der Waals surface area (Å²) >= 11 is 0. The summed E-state index contributed by atoms with van der Waals surface area (Å²) < 4.78 is 11.3. The van der Waals surface area contributed by atoms with Crippen LogP contribution < -0.4 is 15.4 Å². The largest absolute Gasteiger partial charge is 0.493 e. The SMILES string of the molecule is O=C(Nc1ccccc1C(=O)NC[C@H]1CCCO1)c1ccc(OCCc2ccccc2)cc1. The number of hydrogen-bond acceptors (Lipinski definition) is 4. The van der Waals surface area contributed by atoms with Crippen molar-refractivity contribution in [3.8, 4) is 5.75 Å². The molecule has 2 N–H and O–H groups in total. The fraction of sp³-hybridized carbons (Fsp3) is 0.259. The first-order valence-electron chi connectivity index (χ1n) is 11.3. The van der Waals surface area contributed by atoms with E-state index in [1.54, 1.807) is 48.5 Å². The second-order valence-corrected chi connectivity index (χ2v) is 7.95. The summed E-state index contributed by atoms with van der Waals surface area (Å²) in [6, 6.07) is 24.1. The number of amides is 2. The fourth-order valence-electron chi connectivity index (χ4n) is 3.73. The molecule has 1 heterocycles. The number of carbonyl (C=O) groups excluding carboxylic acids is 2. The van der Waals surface area contributed by atoms with Gasteiger partial charge in [-0.1, -0.05) is 42.5 Å². The maximum absolute atomic E-state index is 12.8. The molecule has 4 rings (SSSR count). The normalized spacial score (nSPS) is 15.1. The van der Waals surface area contributed by atoms with Gasteiger partial charge in [-0.05, 0) is 54.8 Å². The molecule has 1 aliphatic rings. The Morgan fingerprint density at radius 3 is 2.42 bits per heavy atom. The maximum Gasteiger partial charge on any atom is 0.255 e. The van der Waals surface area contributed by atoms with Gasteiger partial charge in [0.2, 0.25) is 0 Å². The Morgan fingerprint density at radius 1 is 0.909 bits per heavy atom. The number of ether oxygens (including phenoxy) is 2. The van der Waals surface area contributed by atoms with Crippen molar-refractivity contribution >= 4 is 17.5 Å². The lowest BCUT2D eigenvalue weighted by Crippen LogP contribution is -2.32. The van der Waals surface area contributed by atoms with Crippen LogP contribution in [0.25, 0.3) is 0 Å². The molecule has 0 spiro atoms. The standard InChI is InChI=1S/C27H28N2O4/c30-26(21-12-14-22(15-13-21)33-18-16-20-7-2-1-3-8-20)29-25-11-5-4-10-24(25)27(31)28-19-23-9-6-17-32-23/h1-5,7-8,10-15,23H,6,9,16-19H2,(H,28,31)(H,29,30)/t23-/m1/s1. The maximum atomic E-state index is 12.8. The molecule has 0 unspecified atom stereocenters. The van der Waals surface area contributed by atoms with Gasteiger partial charge in [0, 0.05) is 25.1 Å². The van der Waals surface area contributed by atoms with E-state index in [1.807, 2.05) is 18.2 Å². The molecule has 170 valence electrons. The molecule has 0 bridgehead atoms. The highest BCUT2D eigenvalue weighted by atomic mass is 16.5. The Labute approximate surface area is 193 Å². The van der Waals surface area contributed by atoms with Crippen LogP contribution in [0.4, 0.5) is 5.69 Å². The molecule has 3 aromatic rings. The number of hydrogen-bond donors (Lipinski definition) is 2. The third kappa shape index (κ3) is 6.43. The first kappa shape index (κ1) is 22.6. The Balaban J connectivity index is 1.31. The molecule has 6 nitrogen and oxygen atoms in total. The van der Waals surface area contributed by atoms with Crippen molar-refractivity contribution in [2.45, 2.75) is 25.4 Å². The van der Waals surface area contributed by atoms with Crippen LogP contribution in [0, 0.1) is 0 Å². The first-order chi connectivity index (χ1) is 16.2. The third-order valence-electron chi connectivity index (χ3n) is 5.55. The van der Waals surface area contributed by atoms with Crippen LogP contribution in [0.15, 0.2) is 78.9 Å². The van der Waals surface area contributed by atoms with E-state index in [9.17, 15) is 9.59 Å². The molecule has 1 saturated heterocycles. The number of nitrogens with one attached hydrogen (secondary N) is 2. The molecule has 33 heavy (non-hydrogen) atoms. The lowest BCUT2D eigenvalue weighted by molar-refractivity contribution is 0.0858. The summed E-state index contributed by atoms with van der Waals surface area (Å²) in [6.07, 6.45) is 2.84. The quantitative estimate of drug-likeness (QED) is 0.511. The topological polar surface area (TPSA) is 76.7 Å². The van der Waals surface area contributed by atoms with Gasteiger partial charge in [0.15, 0.2) is 0 Å². The van der Waals surface area contributed by atoms with Gasteiger partial charge in [-0.25, -0.2) is 0 Å². The van der Waals surface area contributed by atoms with E-state index in [0.29, 0.717) is 35.7 Å². The average molecular weight is 445 g/mol. The minimum absolute atomic E-state index is 0.0594. The van der Waals surface area contributed by atoms with Crippen molar-refractivity contribution < 1.29 is 19.1 Å². The van der Waals surface area contributed by atoms with Gasteiger partial charge < -0.3 is 20.1 Å². The molecular weight excluding hydrogens is 416 g/mol. The highest BCUT2D eigenvalue weighted by Gasteiger charge is 2.18. The van der Waals surface area contributed by atoms with Crippen LogP contribution in [-0.2, 0) is 11.2 Å². The third-order valence-corrected chi connectivity index (χ3v) is 5.55. The Morgan fingerprint density at radius 2 is 1.67 bits per heavy atom. The molecule has 6 heteroatoms. The van der Waals surface area contributed by atoms with Gasteiger partial charge in [0.05, 0.1) is 24.0 Å². The van der Waals surface area contributed by atoms with E-state index in [4.69, 9.17) is 9.47 Å². The lowest BCUT2D eigenvalue weighted by Gasteiger charge is -2.14. The molecule has 0 aliphatic carbocycles. The Bertz CT molecular complexity index is 1060. The molecule has 2 amide bonds. The molecule has 1 fully saturated rings. The minimum Gasteiger partial charge on any atom is -0.493 e. The zero-order chi connectivity index (χ0) is 22.9. The van der Waals surface area contributed by atoms with Crippen molar-refractivity contribution in [3.05, 3.63) is 95.6 Å². The lowest BCUT2D eigenvalue weighted by atomic mass is 10.1. The minimum atomic E-state index is -0.287. The van der Waals surface area contributed by atoms with Crippen LogP contribution in [0.3, 0.4) is 0 Å². The van der Waals surface area contributed by atoms with Crippen LogP contribution >= 0.6 is 0 Å². The fourth-order valence-corrected chi connectivity index (χ4v) is 3.73. The van der Waals surface area contributed by atoms with E-state index in [2.05, 4.69) is 22.8 Å². The van der Waals surface area contributed by atoms with Gasteiger partial charge in [-0.3, -0.25) is 9.59 Å². The molecule has 0 saturated carbocycles. The van der Waals surface area contributed by atoms with Crippen molar-refractivity contribution in [1.29, 1.82) is 0 Å². The van der Waals surface area contributed by atoms with E-state index >= 15 is 0 Å². The van der Waals surface area contributed by atoms with Gasteiger partial charge in [-0.2, -0.15) is 0 Å². The van der Waals surface area contributed by atoms with Gasteiger partial charge in [0.1, 0.15) is 5.75 Å². The molecule has 0 aromatic heterocycles. The second kappa shape index (κ2) is 11.3. The summed E-state index contributed by atoms with van der Waals surface area (Å²) in [7, 11) is 0. The van der Waals surface area contributed by atoms with Crippen LogP contribution in [0.2, 0.25) is 0 Å². The summed E-state index contributed by atoms with van der Waals surface area (Å²) in [5.74, 6) is 0.185. The van der Waals surface area contributed by atoms with Gasteiger partial charge in [-0.15, -0.1) is 0 Å². The molecular formula is C27H28N2O4. The first-order valence-corrected chi connectivity index (χ1v) is 11.3. The average Bonchev–Trinajstić information content (AvgIpc) is 3.38. The van der Waals surface area contributed by atoms with E-state index in [0.717, 1.165) is 25.9 Å². The van der Waals surface area contributed by atoms with Crippen molar-refractivity contribution in [3.63, 3.8) is 0 Å². The smallest absolute Gasteiger partial charge is 0.255 e. The van der Waals surface area contributed by atoms with Gasteiger partial charge in [0.25, 0.3) is 11.8 Å². The number of benzene rings is 3. The van der Waals surface area contributed by atoms with Gasteiger partial charge >= 0.3 is 0 Å². The number of para-hydroxylation sites is 1. The highest BCUT2D eigenvalue weighted by Crippen LogP contribution is 2.19. The number of rotatable bonds is 9. The van der Waals surface area contributed by atoms with Crippen molar-refractivity contribution in [1.82, 2.24) is 5.32 Å². The van der Waals surface area contributed by atoms with Crippen molar-refractivity contribution in [2.24, 2.45) is 0 Å². The highest BCUT2D eigenvalue weighted by molar-refractivity contribution is 6.09. The number of carbonyl (C=O) groups is 2. The second-order valence-electron chi connectivity index (χ2n) is 7.95. The summed E-state index contributed by atoms with van der Waals surface area (Å²) in [5.41, 5.74) is 2.59. The van der Waals surface area contributed by atoms with Crippen LogP contribution in [0.1, 0.15) is 39.1 Å². The number of anilines is 1. The predicted molar refractivity (Wildman–Crippen MR) is 128 cm³/mol. The van der Waals surface area contributed by atoms with E-state index < -0.39 is 0 Å². The molecule has 1 atom stereocenters. The Kier molecular flexibility index (Phi) is 7.72. The van der Waals surface area contributed by atoms with Crippen molar-refractivity contribution in [2.75, 3.05) is 25.1 Å². The summed E-state index contributed by atoms with van der Waals surface area (Å²) in [4.78, 5) is 25.4. The molecule has 1 aliphatic heterocycles. The molecule has 3 aromatic carbocycles.